The van der Waals surface area contributed by atoms with E-state index in [1.54, 1.807) is 0 Å². The molecule has 1 aliphatic heterocycles. The topological polar surface area (TPSA) is 45.4 Å². The summed E-state index contributed by atoms with van der Waals surface area (Å²) in [6, 6.07) is 0.408. The summed E-state index contributed by atoms with van der Waals surface area (Å²) in [7, 11) is 0. The van der Waals surface area contributed by atoms with E-state index in [-0.39, 0.29) is 5.69 Å². The molecule has 1 fully saturated rings. The Morgan fingerprint density at radius 3 is 2.40 bits per heavy atom. The van der Waals surface area contributed by atoms with E-state index < -0.39 is 17.7 Å². The molecule has 1 aromatic rings. The van der Waals surface area contributed by atoms with Crippen molar-refractivity contribution >= 4 is 23.5 Å². The van der Waals surface area contributed by atoms with E-state index in [0.717, 1.165) is 24.2 Å². The Morgan fingerprint density at radius 2 is 1.90 bits per heavy atom. The van der Waals surface area contributed by atoms with Crippen molar-refractivity contribution in [3.8, 4) is 0 Å². The van der Waals surface area contributed by atoms with E-state index >= 15 is 0 Å². The maximum Gasteiger partial charge on any atom is 0.417 e. The lowest BCUT2D eigenvalue weighted by Gasteiger charge is -2.34. The Morgan fingerprint density at radius 1 is 1.25 bits per heavy atom. The fraction of sp³-hybridized carbons (Fsp3) is 0.545. The lowest BCUT2D eigenvalue weighted by molar-refractivity contribution is -0.137. The first-order chi connectivity index (χ1) is 9.41. The third-order valence-corrected chi connectivity index (χ3v) is 3.82. The molecule has 0 spiro atoms. The van der Waals surface area contributed by atoms with Crippen LogP contribution in [0, 0.1) is 0 Å². The number of alkyl halides is 4. The smallest absolute Gasteiger partial charge is 0.396 e. The van der Waals surface area contributed by atoms with Gasteiger partial charge in [0.2, 0.25) is 0 Å². The average molecular weight is 310 g/mol. The summed E-state index contributed by atoms with van der Waals surface area (Å²) in [5.41, 5.74) is 4.81. The van der Waals surface area contributed by atoms with Gasteiger partial charge in [0.05, 0.1) is 11.3 Å². The average Bonchev–Trinajstić information content (AvgIpc) is 2.39. The third-order valence-electron chi connectivity index (χ3n) is 2.99. The maximum atomic E-state index is 12.5. The van der Waals surface area contributed by atoms with Crippen molar-refractivity contribution in [2.24, 2.45) is 0 Å². The summed E-state index contributed by atoms with van der Waals surface area (Å²) >= 11 is 1.10. The lowest BCUT2D eigenvalue weighted by atomic mass is 10.2. The molecule has 0 aliphatic carbocycles. The van der Waals surface area contributed by atoms with Crippen molar-refractivity contribution in [1.82, 2.24) is 9.29 Å². The van der Waals surface area contributed by atoms with Gasteiger partial charge in [-0.1, -0.05) is 0 Å². The number of pyridine rings is 1. The minimum absolute atomic E-state index is 0.00594. The molecule has 1 saturated heterocycles. The first-order valence-corrected chi connectivity index (χ1v) is 6.87. The molecule has 0 amide bonds. The SMILES string of the molecule is Nc1cc(C(F)(F)F)cnc1N1CCN(SCF)CC1. The largest absolute Gasteiger partial charge is 0.417 e. The first-order valence-electron chi connectivity index (χ1n) is 5.93. The molecule has 20 heavy (non-hydrogen) atoms. The van der Waals surface area contributed by atoms with Gasteiger partial charge in [0.1, 0.15) is 6.01 Å². The number of anilines is 2. The van der Waals surface area contributed by atoms with Gasteiger partial charge in [-0.3, -0.25) is 0 Å². The van der Waals surface area contributed by atoms with E-state index in [2.05, 4.69) is 4.98 Å². The zero-order valence-electron chi connectivity index (χ0n) is 10.5. The summed E-state index contributed by atoms with van der Waals surface area (Å²) in [5, 5.41) is 0. The molecule has 0 unspecified atom stereocenters. The van der Waals surface area contributed by atoms with Crippen LogP contribution in [0.25, 0.3) is 0 Å². The van der Waals surface area contributed by atoms with Gasteiger partial charge < -0.3 is 10.6 Å². The summed E-state index contributed by atoms with van der Waals surface area (Å²) in [5.74, 6) is 0.350. The van der Waals surface area contributed by atoms with Crippen LogP contribution < -0.4 is 10.6 Å². The van der Waals surface area contributed by atoms with E-state index in [0.29, 0.717) is 32.0 Å². The molecule has 0 radical (unpaired) electrons. The highest BCUT2D eigenvalue weighted by molar-refractivity contribution is 7.96. The van der Waals surface area contributed by atoms with Crippen LogP contribution in [-0.4, -0.2) is 41.5 Å². The van der Waals surface area contributed by atoms with Gasteiger partial charge >= 0.3 is 6.18 Å². The van der Waals surface area contributed by atoms with Crippen molar-refractivity contribution in [1.29, 1.82) is 0 Å². The minimum atomic E-state index is -4.45. The van der Waals surface area contributed by atoms with Gasteiger partial charge in [-0.2, -0.15) is 13.2 Å². The fourth-order valence-electron chi connectivity index (χ4n) is 1.99. The summed E-state index contributed by atoms with van der Waals surface area (Å²) < 4.78 is 51.6. The predicted octanol–water partition coefficient (Wildman–Crippen LogP) is 2.38. The predicted molar refractivity (Wildman–Crippen MR) is 71.0 cm³/mol. The van der Waals surface area contributed by atoms with Gasteiger partial charge in [-0.15, -0.1) is 0 Å². The zero-order chi connectivity index (χ0) is 14.8. The molecule has 0 atom stereocenters. The molecule has 0 aromatic carbocycles. The second-order valence-corrected chi connectivity index (χ2v) is 5.28. The van der Waals surface area contributed by atoms with Crippen LogP contribution in [0.2, 0.25) is 0 Å². The Labute approximate surface area is 118 Å². The van der Waals surface area contributed by atoms with Gasteiger partial charge in [-0.25, -0.2) is 13.7 Å². The Balaban J connectivity index is 2.07. The van der Waals surface area contributed by atoms with Gasteiger partial charge in [0, 0.05) is 32.4 Å². The molecule has 2 N–H and O–H groups in total. The molecule has 9 heteroatoms. The number of aromatic nitrogens is 1. The lowest BCUT2D eigenvalue weighted by Crippen LogP contribution is -2.44. The number of hydrogen-bond acceptors (Lipinski definition) is 5. The van der Waals surface area contributed by atoms with Crippen LogP contribution in [0.1, 0.15) is 5.56 Å². The normalized spacial score (nSPS) is 17.5. The Kier molecular flexibility index (Phi) is 4.59. The number of rotatable bonds is 3. The van der Waals surface area contributed by atoms with Crippen molar-refractivity contribution in [3.05, 3.63) is 17.8 Å². The van der Waals surface area contributed by atoms with Gasteiger partial charge in [0.15, 0.2) is 5.82 Å². The number of halogens is 4. The maximum absolute atomic E-state index is 12.5. The molecule has 2 rings (SSSR count). The molecule has 0 bridgehead atoms. The van der Waals surface area contributed by atoms with Crippen LogP contribution >= 0.6 is 11.9 Å². The second-order valence-electron chi connectivity index (χ2n) is 4.29. The molecule has 2 heterocycles. The Hall–Kier alpha value is -1.22. The molecule has 4 nitrogen and oxygen atoms in total. The van der Waals surface area contributed by atoms with Gasteiger partial charge in [0.25, 0.3) is 0 Å². The first kappa shape index (κ1) is 15.2. The molecular formula is C11H14F4N4S. The van der Waals surface area contributed by atoms with Gasteiger partial charge in [-0.05, 0) is 18.0 Å². The summed E-state index contributed by atoms with van der Waals surface area (Å²) in [6.45, 7) is 2.32. The number of nitrogens with zero attached hydrogens (tertiary/aromatic N) is 3. The number of nitrogen functional groups attached to an aromatic ring is 1. The van der Waals surface area contributed by atoms with Crippen LogP contribution in [0.15, 0.2) is 12.3 Å². The number of nitrogens with two attached hydrogens (primary N) is 1. The van der Waals surface area contributed by atoms with Crippen LogP contribution in [0.5, 0.6) is 0 Å². The quantitative estimate of drug-likeness (QED) is 0.686. The Bertz CT molecular complexity index is 460. The summed E-state index contributed by atoms with van der Waals surface area (Å²) in [4.78, 5) is 5.63. The van der Waals surface area contributed by atoms with Crippen molar-refractivity contribution in [2.45, 2.75) is 6.18 Å². The molecule has 1 aliphatic rings. The highest BCUT2D eigenvalue weighted by Gasteiger charge is 2.32. The highest BCUT2D eigenvalue weighted by Crippen LogP contribution is 2.32. The monoisotopic (exact) mass is 310 g/mol. The van der Waals surface area contributed by atoms with Crippen LogP contribution in [-0.2, 0) is 6.18 Å². The van der Waals surface area contributed by atoms with Crippen molar-refractivity contribution in [2.75, 3.05) is 42.8 Å². The molecule has 112 valence electrons. The molecule has 1 aromatic heterocycles. The second kappa shape index (κ2) is 6.04. The standard InChI is InChI=1S/C11H14F4N4S/c12-7-20-19-3-1-18(2-4-19)10-9(16)5-8(6-17-10)11(13,14)15/h5-6H,1-4,7,16H2. The minimum Gasteiger partial charge on any atom is -0.396 e. The van der Waals surface area contributed by atoms with Crippen molar-refractivity contribution in [3.63, 3.8) is 0 Å². The van der Waals surface area contributed by atoms with E-state index in [4.69, 9.17) is 5.73 Å². The summed E-state index contributed by atoms with van der Waals surface area (Å²) in [6.07, 6.45) is -3.66. The fourth-order valence-corrected chi connectivity index (χ4v) is 2.55. The molecule has 0 saturated carbocycles. The van der Waals surface area contributed by atoms with E-state index in [1.165, 1.54) is 0 Å². The number of piperazine rings is 1. The van der Waals surface area contributed by atoms with E-state index in [9.17, 15) is 17.6 Å². The third kappa shape index (κ3) is 3.45. The highest BCUT2D eigenvalue weighted by atomic mass is 32.2. The van der Waals surface area contributed by atoms with Crippen molar-refractivity contribution < 1.29 is 17.6 Å². The number of hydrogen-bond donors (Lipinski definition) is 1. The van der Waals surface area contributed by atoms with Crippen LogP contribution in [0.4, 0.5) is 29.1 Å². The molecular weight excluding hydrogens is 296 g/mol. The zero-order valence-corrected chi connectivity index (χ0v) is 11.3. The van der Waals surface area contributed by atoms with Crippen LogP contribution in [0.3, 0.4) is 0 Å². The van der Waals surface area contributed by atoms with E-state index in [1.807, 2.05) is 9.21 Å².